The second-order valence-electron chi connectivity index (χ2n) is 3.93. The van der Waals surface area contributed by atoms with Crippen molar-refractivity contribution in [3.8, 4) is 0 Å². The maximum atomic E-state index is 13.7. The van der Waals surface area contributed by atoms with Crippen LogP contribution in [0.5, 0.6) is 0 Å². The number of halogens is 3. The summed E-state index contributed by atoms with van der Waals surface area (Å²) in [7, 11) is 0. The molecule has 0 fully saturated rings. The highest BCUT2D eigenvalue weighted by molar-refractivity contribution is 6.37. The molecule has 2 rings (SSSR count). The zero-order chi connectivity index (χ0) is 14.9. The first-order chi connectivity index (χ1) is 9.41. The van der Waals surface area contributed by atoms with Crippen LogP contribution in [0.4, 0.5) is 4.39 Å². The van der Waals surface area contributed by atoms with Crippen molar-refractivity contribution in [1.82, 2.24) is 0 Å². The van der Waals surface area contributed by atoms with Gasteiger partial charge in [0.2, 0.25) is 0 Å². The van der Waals surface area contributed by atoms with E-state index in [2.05, 4.69) is 0 Å². The second-order valence-corrected chi connectivity index (χ2v) is 4.74. The third-order valence-corrected chi connectivity index (χ3v) is 3.29. The topological polar surface area (TPSA) is 54.4 Å². The summed E-state index contributed by atoms with van der Waals surface area (Å²) in [6.07, 6.45) is 0. The van der Waals surface area contributed by atoms with Crippen molar-refractivity contribution in [3.05, 3.63) is 69.0 Å². The van der Waals surface area contributed by atoms with Gasteiger partial charge in [-0.15, -0.1) is 0 Å². The fourth-order valence-electron chi connectivity index (χ4n) is 1.69. The molecule has 0 radical (unpaired) electrons. The van der Waals surface area contributed by atoms with E-state index in [1.54, 1.807) is 0 Å². The van der Waals surface area contributed by atoms with Gasteiger partial charge in [0, 0.05) is 10.6 Å². The molecule has 0 saturated heterocycles. The fourth-order valence-corrected chi connectivity index (χ4v) is 2.14. The second kappa shape index (κ2) is 5.61. The Bertz CT molecular complexity index is 714. The summed E-state index contributed by atoms with van der Waals surface area (Å²) in [5.74, 6) is -2.76. The fraction of sp³-hybridized carbons (Fsp3) is 0. The lowest BCUT2D eigenvalue weighted by Gasteiger charge is -2.07. The number of carboxylic acids is 1. The normalized spacial score (nSPS) is 10.3. The molecule has 2 aromatic rings. The Hall–Kier alpha value is -1.91. The predicted molar refractivity (Wildman–Crippen MR) is 73.3 cm³/mol. The summed E-state index contributed by atoms with van der Waals surface area (Å²) < 4.78 is 13.7. The van der Waals surface area contributed by atoms with Crippen molar-refractivity contribution in [2.75, 3.05) is 0 Å². The van der Waals surface area contributed by atoms with Gasteiger partial charge in [0.15, 0.2) is 5.78 Å². The van der Waals surface area contributed by atoms with E-state index in [9.17, 15) is 14.0 Å². The lowest BCUT2D eigenvalue weighted by molar-refractivity contribution is 0.0697. The Morgan fingerprint density at radius 1 is 1.00 bits per heavy atom. The molecule has 0 aliphatic heterocycles. The van der Waals surface area contributed by atoms with Crippen LogP contribution in [-0.4, -0.2) is 16.9 Å². The Balaban J connectivity index is 2.54. The number of benzene rings is 2. The monoisotopic (exact) mass is 312 g/mol. The first-order valence-electron chi connectivity index (χ1n) is 5.43. The summed E-state index contributed by atoms with van der Waals surface area (Å²) in [5, 5.41) is 8.88. The molecular formula is C14H7Cl2FO3. The highest BCUT2D eigenvalue weighted by Gasteiger charge is 2.20. The molecule has 0 aliphatic carbocycles. The summed E-state index contributed by atoms with van der Waals surface area (Å²) in [6.45, 7) is 0. The van der Waals surface area contributed by atoms with E-state index in [0.29, 0.717) is 0 Å². The summed E-state index contributed by atoms with van der Waals surface area (Å²) in [4.78, 5) is 23.2. The van der Waals surface area contributed by atoms with Crippen LogP contribution in [0.3, 0.4) is 0 Å². The molecule has 0 atom stereocenters. The van der Waals surface area contributed by atoms with Crippen molar-refractivity contribution < 1.29 is 19.1 Å². The van der Waals surface area contributed by atoms with Crippen molar-refractivity contribution in [2.45, 2.75) is 0 Å². The Morgan fingerprint density at radius 2 is 1.65 bits per heavy atom. The molecule has 20 heavy (non-hydrogen) atoms. The number of aromatic carboxylic acids is 1. The molecule has 6 heteroatoms. The van der Waals surface area contributed by atoms with Crippen molar-refractivity contribution >= 4 is 35.0 Å². The van der Waals surface area contributed by atoms with Crippen LogP contribution in [0, 0.1) is 5.82 Å². The highest BCUT2D eigenvalue weighted by atomic mass is 35.5. The minimum Gasteiger partial charge on any atom is -0.478 e. The maximum absolute atomic E-state index is 13.7. The van der Waals surface area contributed by atoms with Gasteiger partial charge in [-0.25, -0.2) is 9.18 Å². The molecular weight excluding hydrogens is 306 g/mol. The van der Waals surface area contributed by atoms with Crippen LogP contribution in [0.25, 0.3) is 0 Å². The largest absolute Gasteiger partial charge is 0.478 e. The molecule has 1 N–H and O–H groups in total. The van der Waals surface area contributed by atoms with Crippen LogP contribution in [0.2, 0.25) is 10.0 Å². The van der Waals surface area contributed by atoms with Crippen molar-refractivity contribution in [1.29, 1.82) is 0 Å². The van der Waals surface area contributed by atoms with Crippen molar-refractivity contribution in [3.63, 3.8) is 0 Å². The van der Waals surface area contributed by atoms with E-state index in [-0.39, 0.29) is 26.7 Å². The Morgan fingerprint density at radius 3 is 2.25 bits per heavy atom. The van der Waals surface area contributed by atoms with E-state index in [1.165, 1.54) is 30.3 Å². The molecule has 2 aromatic carbocycles. The molecule has 0 bridgehead atoms. The van der Waals surface area contributed by atoms with E-state index in [0.717, 1.165) is 6.07 Å². The molecule has 0 heterocycles. The first-order valence-corrected chi connectivity index (χ1v) is 6.19. The predicted octanol–water partition coefficient (Wildman–Crippen LogP) is 4.06. The van der Waals surface area contributed by atoms with Gasteiger partial charge in [-0.1, -0.05) is 29.3 Å². The lowest BCUT2D eigenvalue weighted by atomic mass is 10.0. The third-order valence-electron chi connectivity index (χ3n) is 2.65. The van der Waals surface area contributed by atoms with Gasteiger partial charge in [0.05, 0.1) is 16.1 Å². The van der Waals surface area contributed by atoms with Crippen LogP contribution >= 0.6 is 23.2 Å². The summed E-state index contributed by atoms with van der Waals surface area (Å²) in [6, 6.07) is 7.57. The number of hydrogen-bond donors (Lipinski definition) is 1. The van der Waals surface area contributed by atoms with E-state index < -0.39 is 17.6 Å². The van der Waals surface area contributed by atoms with Crippen LogP contribution < -0.4 is 0 Å². The number of rotatable bonds is 3. The van der Waals surface area contributed by atoms with Gasteiger partial charge in [-0.05, 0) is 30.3 Å². The summed E-state index contributed by atoms with van der Waals surface area (Å²) >= 11 is 11.5. The number of ketones is 1. The third kappa shape index (κ3) is 2.66. The molecule has 0 aliphatic rings. The molecule has 0 saturated carbocycles. The molecule has 0 unspecified atom stereocenters. The van der Waals surface area contributed by atoms with Gasteiger partial charge < -0.3 is 5.11 Å². The Labute approximate surface area is 123 Å². The number of carbonyl (C=O) groups is 2. The smallest absolute Gasteiger partial charge is 0.337 e. The van der Waals surface area contributed by atoms with Crippen LogP contribution in [-0.2, 0) is 0 Å². The van der Waals surface area contributed by atoms with Gasteiger partial charge in [0.25, 0.3) is 0 Å². The van der Waals surface area contributed by atoms with E-state index in [4.69, 9.17) is 28.3 Å². The Kier molecular flexibility index (Phi) is 4.06. The quantitative estimate of drug-likeness (QED) is 0.869. The van der Waals surface area contributed by atoms with Gasteiger partial charge >= 0.3 is 5.97 Å². The minimum atomic E-state index is -1.26. The minimum absolute atomic E-state index is 0.0761. The molecule has 0 amide bonds. The van der Waals surface area contributed by atoms with Gasteiger partial charge in [-0.3, -0.25) is 4.79 Å². The number of carboxylic acid groups (broad SMARTS) is 1. The number of carbonyl (C=O) groups excluding carboxylic acids is 1. The highest BCUT2D eigenvalue weighted by Crippen LogP contribution is 2.25. The molecule has 0 spiro atoms. The van der Waals surface area contributed by atoms with Gasteiger partial charge in [-0.2, -0.15) is 0 Å². The van der Waals surface area contributed by atoms with E-state index >= 15 is 0 Å². The van der Waals surface area contributed by atoms with E-state index in [1.807, 2.05) is 0 Å². The summed E-state index contributed by atoms with van der Waals surface area (Å²) in [5.41, 5.74) is -0.515. The molecule has 3 nitrogen and oxygen atoms in total. The lowest BCUT2D eigenvalue weighted by Crippen LogP contribution is -2.08. The maximum Gasteiger partial charge on any atom is 0.337 e. The van der Waals surface area contributed by atoms with Crippen LogP contribution in [0.1, 0.15) is 26.3 Å². The SMILES string of the molecule is O=C(O)c1cccc(C(=O)c2ccc(Cl)cc2F)c1Cl. The average Bonchev–Trinajstić information content (AvgIpc) is 2.38. The average molecular weight is 313 g/mol. The first kappa shape index (κ1) is 14.5. The van der Waals surface area contributed by atoms with Crippen molar-refractivity contribution in [2.24, 2.45) is 0 Å². The molecule has 102 valence electrons. The zero-order valence-electron chi connectivity index (χ0n) is 9.86. The number of hydrogen-bond acceptors (Lipinski definition) is 2. The standard InChI is InChI=1S/C14H7Cl2FO3/c15-7-4-5-8(11(17)6-7)13(18)9-2-1-3-10(12(9)16)14(19)20/h1-6H,(H,19,20). The zero-order valence-corrected chi connectivity index (χ0v) is 11.4. The van der Waals surface area contributed by atoms with Gasteiger partial charge in [0.1, 0.15) is 5.82 Å². The molecule has 0 aromatic heterocycles. The van der Waals surface area contributed by atoms with Crippen LogP contribution in [0.15, 0.2) is 36.4 Å².